The van der Waals surface area contributed by atoms with Gasteiger partial charge in [0.15, 0.2) is 11.5 Å². The largest absolute Gasteiger partial charge is 0.504 e. The molecular formula is C34H34N4O3. The topological polar surface area (TPSA) is 95.0 Å². The Bertz CT molecular complexity index is 1860. The molecule has 3 N–H and O–H groups in total. The molecule has 7 nitrogen and oxygen atoms in total. The van der Waals surface area contributed by atoms with Gasteiger partial charge in [-0.1, -0.05) is 18.2 Å². The Labute approximate surface area is 239 Å². The number of aryl methyl sites for hydroxylation is 1. The Morgan fingerprint density at radius 3 is 2.02 bits per heavy atom. The standard InChI is InChI=1S/C34H34N4O3/c1-19-4-7-23-25-10-12-35-29(33(25)37-27(23)14-19)15-21(20-5-9-32(41-3)31(39)17-20)16-30-34-26(11-13-36-30)24-8-6-22(40-2)18-28(24)38-34/h4-9,14,17-18,21,37-39H,10-13,15-16H2,1-3H3. The molecule has 3 aromatic carbocycles. The first-order valence-corrected chi connectivity index (χ1v) is 14.3. The van der Waals surface area contributed by atoms with Crippen LogP contribution in [0.4, 0.5) is 0 Å². The Hall–Kier alpha value is -4.52. The van der Waals surface area contributed by atoms with Crippen molar-refractivity contribution in [2.45, 2.75) is 38.5 Å². The molecule has 7 rings (SSSR count). The highest BCUT2D eigenvalue weighted by molar-refractivity contribution is 6.09. The highest BCUT2D eigenvalue weighted by Gasteiger charge is 2.28. The van der Waals surface area contributed by atoms with Gasteiger partial charge in [-0.2, -0.15) is 0 Å². The lowest BCUT2D eigenvalue weighted by Gasteiger charge is -2.23. The molecule has 0 bridgehead atoms. The number of rotatable bonds is 7. The first kappa shape index (κ1) is 25.4. The lowest BCUT2D eigenvalue weighted by molar-refractivity contribution is 0.373. The Morgan fingerprint density at radius 1 is 0.780 bits per heavy atom. The number of ether oxygens (including phenoxy) is 2. The zero-order chi connectivity index (χ0) is 28.1. The number of aromatic nitrogens is 2. The van der Waals surface area contributed by atoms with Crippen LogP contribution >= 0.6 is 0 Å². The molecule has 41 heavy (non-hydrogen) atoms. The second-order valence-corrected chi connectivity index (χ2v) is 11.1. The van der Waals surface area contributed by atoms with Crippen molar-refractivity contribution in [3.63, 3.8) is 0 Å². The number of hydrogen-bond donors (Lipinski definition) is 3. The number of phenols is 1. The van der Waals surface area contributed by atoms with Crippen LogP contribution in [0.2, 0.25) is 0 Å². The number of methoxy groups -OCH3 is 2. The highest BCUT2D eigenvalue weighted by atomic mass is 16.5. The summed E-state index contributed by atoms with van der Waals surface area (Å²) in [5.41, 5.74) is 11.6. The van der Waals surface area contributed by atoms with Crippen LogP contribution in [-0.4, -0.2) is 53.8 Å². The van der Waals surface area contributed by atoms with Crippen molar-refractivity contribution in [1.82, 2.24) is 9.97 Å². The molecule has 0 saturated carbocycles. The summed E-state index contributed by atoms with van der Waals surface area (Å²) in [4.78, 5) is 17.4. The summed E-state index contributed by atoms with van der Waals surface area (Å²) in [6, 6.07) is 18.6. The van der Waals surface area contributed by atoms with Gasteiger partial charge in [0.05, 0.1) is 37.0 Å². The molecule has 0 amide bonds. The van der Waals surface area contributed by atoms with Crippen LogP contribution in [0, 0.1) is 6.92 Å². The van der Waals surface area contributed by atoms with Gasteiger partial charge >= 0.3 is 0 Å². The van der Waals surface area contributed by atoms with Crippen LogP contribution in [0.25, 0.3) is 21.8 Å². The van der Waals surface area contributed by atoms with Crippen molar-refractivity contribution in [2.24, 2.45) is 9.98 Å². The molecule has 0 saturated heterocycles. The maximum absolute atomic E-state index is 10.7. The molecule has 0 spiro atoms. The van der Waals surface area contributed by atoms with E-state index >= 15 is 0 Å². The average Bonchev–Trinajstić information content (AvgIpc) is 3.55. The van der Waals surface area contributed by atoms with Crippen LogP contribution in [0.5, 0.6) is 17.2 Å². The van der Waals surface area contributed by atoms with Crippen molar-refractivity contribution >= 4 is 33.2 Å². The second-order valence-electron chi connectivity index (χ2n) is 11.1. The predicted octanol–water partition coefficient (Wildman–Crippen LogP) is 6.64. The first-order chi connectivity index (χ1) is 20.0. The fourth-order valence-corrected chi connectivity index (χ4v) is 6.58. The smallest absolute Gasteiger partial charge is 0.160 e. The predicted molar refractivity (Wildman–Crippen MR) is 165 cm³/mol. The van der Waals surface area contributed by atoms with E-state index in [1.54, 1.807) is 14.2 Å². The molecule has 2 aliphatic rings. The molecule has 2 aromatic heterocycles. The normalized spacial score (nSPS) is 15.3. The number of nitrogens with zero attached hydrogens (tertiary/aromatic N) is 2. The van der Waals surface area contributed by atoms with Gasteiger partial charge in [-0.15, -0.1) is 0 Å². The van der Waals surface area contributed by atoms with E-state index in [1.807, 2.05) is 18.2 Å². The van der Waals surface area contributed by atoms with Crippen molar-refractivity contribution in [1.29, 1.82) is 0 Å². The van der Waals surface area contributed by atoms with Crippen LogP contribution in [0.15, 0.2) is 64.6 Å². The summed E-state index contributed by atoms with van der Waals surface area (Å²) >= 11 is 0. The SMILES string of the molecule is COc1ccc2c3c([nH]c2c1)C(CC(CC1=NCCc2c1[nH]c1cc(C)ccc21)c1ccc(OC)c(O)c1)=NCC3. The highest BCUT2D eigenvalue weighted by Crippen LogP contribution is 2.38. The molecule has 5 aromatic rings. The second kappa shape index (κ2) is 10.1. The Balaban J connectivity index is 1.28. The lowest BCUT2D eigenvalue weighted by Crippen LogP contribution is -2.20. The van der Waals surface area contributed by atoms with E-state index in [2.05, 4.69) is 53.3 Å². The third kappa shape index (κ3) is 4.46. The first-order valence-electron chi connectivity index (χ1n) is 14.3. The third-order valence-electron chi connectivity index (χ3n) is 8.63. The van der Waals surface area contributed by atoms with Crippen LogP contribution in [0.3, 0.4) is 0 Å². The number of fused-ring (bicyclic) bond motifs is 6. The van der Waals surface area contributed by atoms with Crippen molar-refractivity contribution < 1.29 is 14.6 Å². The van der Waals surface area contributed by atoms with E-state index in [0.29, 0.717) is 5.75 Å². The average molecular weight is 547 g/mol. The molecule has 1 unspecified atom stereocenters. The van der Waals surface area contributed by atoms with Gasteiger partial charge in [-0.05, 0) is 91.1 Å². The number of phenolic OH excluding ortho intramolecular Hbond substituents is 1. The van der Waals surface area contributed by atoms with Gasteiger partial charge in [-0.3, -0.25) is 9.98 Å². The maximum Gasteiger partial charge on any atom is 0.160 e. The van der Waals surface area contributed by atoms with Gasteiger partial charge < -0.3 is 24.5 Å². The van der Waals surface area contributed by atoms with Crippen LogP contribution < -0.4 is 9.47 Å². The summed E-state index contributed by atoms with van der Waals surface area (Å²) in [7, 11) is 3.27. The monoisotopic (exact) mass is 546 g/mol. The molecule has 0 fully saturated rings. The lowest BCUT2D eigenvalue weighted by atomic mass is 9.84. The zero-order valence-electron chi connectivity index (χ0n) is 23.7. The van der Waals surface area contributed by atoms with Crippen LogP contribution in [-0.2, 0) is 12.8 Å². The quantitative estimate of drug-likeness (QED) is 0.214. The Kier molecular flexibility index (Phi) is 6.30. The minimum absolute atomic E-state index is 0.0512. The summed E-state index contributed by atoms with van der Waals surface area (Å²) < 4.78 is 10.8. The van der Waals surface area contributed by atoms with E-state index in [0.717, 1.165) is 83.9 Å². The van der Waals surface area contributed by atoms with E-state index in [9.17, 15) is 5.11 Å². The fraction of sp³-hybridized carbons (Fsp3) is 0.294. The van der Waals surface area contributed by atoms with E-state index in [-0.39, 0.29) is 11.7 Å². The summed E-state index contributed by atoms with van der Waals surface area (Å²) in [6.07, 6.45) is 3.29. The molecule has 1 atom stereocenters. The van der Waals surface area contributed by atoms with Gasteiger partial charge in [0, 0.05) is 41.0 Å². The van der Waals surface area contributed by atoms with E-state index in [4.69, 9.17) is 19.5 Å². The summed E-state index contributed by atoms with van der Waals surface area (Å²) in [5, 5.41) is 13.2. The molecule has 2 aliphatic heterocycles. The summed E-state index contributed by atoms with van der Waals surface area (Å²) in [5.74, 6) is 1.50. The maximum atomic E-state index is 10.7. The number of aromatic hydroxyl groups is 1. The van der Waals surface area contributed by atoms with Crippen molar-refractivity contribution in [3.8, 4) is 17.2 Å². The zero-order valence-corrected chi connectivity index (χ0v) is 23.7. The van der Waals surface area contributed by atoms with Gasteiger partial charge in [0.2, 0.25) is 0 Å². The molecule has 0 aliphatic carbocycles. The van der Waals surface area contributed by atoms with Gasteiger partial charge in [-0.25, -0.2) is 0 Å². The number of aliphatic imine (C=N–C) groups is 2. The van der Waals surface area contributed by atoms with Crippen LogP contribution in [0.1, 0.15) is 52.4 Å². The van der Waals surface area contributed by atoms with Gasteiger partial charge in [0.25, 0.3) is 0 Å². The molecular weight excluding hydrogens is 512 g/mol. The molecule has 208 valence electrons. The summed E-state index contributed by atoms with van der Waals surface area (Å²) in [6.45, 7) is 3.66. The Morgan fingerprint density at radius 2 is 1.41 bits per heavy atom. The van der Waals surface area contributed by atoms with E-state index < -0.39 is 0 Å². The minimum Gasteiger partial charge on any atom is -0.504 e. The van der Waals surface area contributed by atoms with Crippen molar-refractivity contribution in [2.75, 3.05) is 27.3 Å². The number of hydrogen-bond acceptors (Lipinski definition) is 5. The fourth-order valence-electron chi connectivity index (χ4n) is 6.58. The molecule has 4 heterocycles. The van der Waals surface area contributed by atoms with Crippen molar-refractivity contribution in [3.05, 3.63) is 88.2 Å². The minimum atomic E-state index is 0.0512. The molecule has 0 radical (unpaired) electrons. The number of benzene rings is 3. The van der Waals surface area contributed by atoms with E-state index in [1.165, 1.54) is 27.5 Å². The third-order valence-corrected chi connectivity index (χ3v) is 8.63. The number of nitrogens with one attached hydrogen (secondary N) is 2. The number of H-pyrrole nitrogens is 2. The molecule has 7 heteroatoms. The number of aromatic amines is 2. The van der Waals surface area contributed by atoms with Gasteiger partial charge in [0.1, 0.15) is 5.75 Å².